The number of anilines is 1. The molecule has 0 saturated carbocycles. The molecule has 4 nitrogen and oxygen atoms in total. The Hall–Kier alpha value is -1.59. The van der Waals surface area contributed by atoms with E-state index in [1.807, 2.05) is 30.5 Å². The Balaban J connectivity index is 1.87. The number of aromatic nitrogens is 1. The average molecular weight is 292 g/mol. The van der Waals surface area contributed by atoms with Crippen LogP contribution in [0.25, 0.3) is 0 Å². The van der Waals surface area contributed by atoms with E-state index in [1.165, 1.54) is 9.88 Å². The highest BCUT2D eigenvalue weighted by atomic mass is 32.1. The van der Waals surface area contributed by atoms with E-state index in [4.69, 9.17) is 9.47 Å². The number of hydrogen-bond acceptors (Lipinski definition) is 5. The fraction of sp³-hybridized carbons (Fsp3) is 0.400. The van der Waals surface area contributed by atoms with Crippen LogP contribution in [0.5, 0.6) is 5.75 Å². The number of benzene rings is 1. The first-order valence-electron chi connectivity index (χ1n) is 6.71. The third-order valence-corrected chi connectivity index (χ3v) is 3.90. The first-order chi connectivity index (χ1) is 9.81. The smallest absolute Gasteiger partial charge is 0.121 e. The second kappa shape index (κ2) is 7.87. The number of nitrogens with one attached hydrogen (secondary N) is 1. The molecule has 0 fully saturated rings. The SMILES string of the molecule is CCc1ncc(CNc2cccc(OCCOC)c2)s1. The molecule has 108 valence electrons. The second-order valence-corrected chi connectivity index (χ2v) is 5.50. The maximum atomic E-state index is 5.59. The number of ether oxygens (including phenoxy) is 2. The van der Waals surface area contributed by atoms with E-state index in [-0.39, 0.29) is 0 Å². The summed E-state index contributed by atoms with van der Waals surface area (Å²) < 4.78 is 10.6. The first-order valence-corrected chi connectivity index (χ1v) is 7.52. The van der Waals surface area contributed by atoms with Crippen molar-refractivity contribution in [3.05, 3.63) is 40.3 Å². The van der Waals surface area contributed by atoms with Gasteiger partial charge >= 0.3 is 0 Å². The van der Waals surface area contributed by atoms with Gasteiger partial charge < -0.3 is 14.8 Å². The summed E-state index contributed by atoms with van der Waals surface area (Å²) in [6.07, 6.45) is 2.93. The van der Waals surface area contributed by atoms with Gasteiger partial charge in [0.15, 0.2) is 0 Å². The van der Waals surface area contributed by atoms with Crippen molar-refractivity contribution in [1.29, 1.82) is 0 Å². The predicted molar refractivity (Wildman–Crippen MR) is 82.6 cm³/mol. The standard InChI is InChI=1S/C15H20N2O2S/c1-3-15-17-11-14(20-15)10-16-12-5-4-6-13(9-12)19-8-7-18-2/h4-6,9,11,16H,3,7-8,10H2,1-2H3. The summed E-state index contributed by atoms with van der Waals surface area (Å²) >= 11 is 1.75. The van der Waals surface area contributed by atoms with Crippen molar-refractivity contribution in [3.63, 3.8) is 0 Å². The van der Waals surface area contributed by atoms with Gasteiger partial charge in [0.05, 0.1) is 18.2 Å². The Kier molecular flexibility index (Phi) is 5.83. The van der Waals surface area contributed by atoms with Gasteiger partial charge in [0, 0.05) is 29.9 Å². The Bertz CT molecular complexity index is 528. The molecule has 2 rings (SSSR count). The molecule has 0 bridgehead atoms. The highest BCUT2D eigenvalue weighted by Crippen LogP contribution is 2.19. The van der Waals surface area contributed by atoms with Crippen LogP contribution in [-0.2, 0) is 17.7 Å². The van der Waals surface area contributed by atoms with Crippen LogP contribution in [0.2, 0.25) is 0 Å². The highest BCUT2D eigenvalue weighted by molar-refractivity contribution is 7.11. The molecule has 0 saturated heterocycles. The normalized spacial score (nSPS) is 10.5. The van der Waals surface area contributed by atoms with Crippen LogP contribution in [0.15, 0.2) is 30.5 Å². The van der Waals surface area contributed by atoms with Crippen LogP contribution >= 0.6 is 11.3 Å². The van der Waals surface area contributed by atoms with Crippen molar-refractivity contribution in [2.45, 2.75) is 19.9 Å². The van der Waals surface area contributed by atoms with E-state index < -0.39 is 0 Å². The lowest BCUT2D eigenvalue weighted by Gasteiger charge is -2.08. The van der Waals surface area contributed by atoms with Gasteiger partial charge in [0.1, 0.15) is 12.4 Å². The van der Waals surface area contributed by atoms with Gasteiger partial charge in [-0.25, -0.2) is 4.98 Å². The monoisotopic (exact) mass is 292 g/mol. The molecule has 0 radical (unpaired) electrons. The van der Waals surface area contributed by atoms with Crippen LogP contribution in [0.3, 0.4) is 0 Å². The van der Waals surface area contributed by atoms with Gasteiger partial charge in [-0.1, -0.05) is 13.0 Å². The zero-order chi connectivity index (χ0) is 14.2. The maximum absolute atomic E-state index is 5.59. The van der Waals surface area contributed by atoms with Crippen LogP contribution in [0, 0.1) is 0 Å². The molecule has 1 N–H and O–H groups in total. The van der Waals surface area contributed by atoms with Crippen molar-refractivity contribution in [1.82, 2.24) is 4.98 Å². The maximum Gasteiger partial charge on any atom is 0.121 e. The Morgan fingerprint density at radius 2 is 2.20 bits per heavy atom. The summed E-state index contributed by atoms with van der Waals surface area (Å²) in [5.41, 5.74) is 1.05. The van der Waals surface area contributed by atoms with Crippen molar-refractivity contribution in [3.8, 4) is 5.75 Å². The van der Waals surface area contributed by atoms with E-state index >= 15 is 0 Å². The van der Waals surface area contributed by atoms with Gasteiger partial charge in [-0.15, -0.1) is 11.3 Å². The molecule has 0 amide bonds. The molecule has 0 atom stereocenters. The first kappa shape index (κ1) is 14.8. The third kappa shape index (κ3) is 4.51. The summed E-state index contributed by atoms with van der Waals surface area (Å²) in [4.78, 5) is 5.60. The van der Waals surface area contributed by atoms with Crippen molar-refractivity contribution in [2.75, 3.05) is 25.6 Å². The van der Waals surface area contributed by atoms with E-state index in [2.05, 4.69) is 17.2 Å². The van der Waals surface area contributed by atoms with Gasteiger partial charge in [0.25, 0.3) is 0 Å². The van der Waals surface area contributed by atoms with Crippen LogP contribution in [-0.4, -0.2) is 25.3 Å². The van der Waals surface area contributed by atoms with Crippen LogP contribution in [0.1, 0.15) is 16.8 Å². The van der Waals surface area contributed by atoms with Gasteiger partial charge in [-0.05, 0) is 18.6 Å². The number of nitrogens with zero attached hydrogens (tertiary/aromatic N) is 1. The Labute approximate surface area is 123 Å². The largest absolute Gasteiger partial charge is 0.491 e. The number of aryl methyl sites for hydroxylation is 1. The number of methoxy groups -OCH3 is 1. The molecule has 1 heterocycles. The molecule has 0 aliphatic heterocycles. The topological polar surface area (TPSA) is 43.4 Å². The van der Waals surface area contributed by atoms with E-state index in [0.29, 0.717) is 13.2 Å². The molecule has 1 aromatic heterocycles. The molecule has 0 aliphatic rings. The molecule has 1 aromatic carbocycles. The molecule has 2 aromatic rings. The molecule has 5 heteroatoms. The predicted octanol–water partition coefficient (Wildman–Crippen LogP) is 3.34. The Morgan fingerprint density at radius 1 is 1.30 bits per heavy atom. The van der Waals surface area contributed by atoms with E-state index in [9.17, 15) is 0 Å². The molecular weight excluding hydrogens is 272 g/mol. The lowest BCUT2D eigenvalue weighted by molar-refractivity contribution is 0.146. The summed E-state index contributed by atoms with van der Waals surface area (Å²) in [7, 11) is 1.67. The zero-order valence-electron chi connectivity index (χ0n) is 11.9. The minimum Gasteiger partial charge on any atom is -0.491 e. The number of thiazole rings is 1. The average Bonchev–Trinajstić information content (AvgIpc) is 2.94. The zero-order valence-corrected chi connectivity index (χ0v) is 12.7. The molecule has 0 aliphatic carbocycles. The van der Waals surface area contributed by atoms with Crippen molar-refractivity contribution in [2.24, 2.45) is 0 Å². The molecular formula is C15H20N2O2S. The number of rotatable bonds is 8. The minimum absolute atomic E-state index is 0.564. The summed E-state index contributed by atoms with van der Waals surface area (Å²) in [5.74, 6) is 0.852. The van der Waals surface area contributed by atoms with Crippen molar-refractivity contribution >= 4 is 17.0 Å². The summed E-state index contributed by atoms with van der Waals surface area (Å²) in [6, 6.07) is 7.96. The summed E-state index contributed by atoms with van der Waals surface area (Å²) in [6.45, 7) is 4.07. The van der Waals surface area contributed by atoms with E-state index in [0.717, 1.165) is 24.4 Å². The molecule has 0 unspecified atom stereocenters. The highest BCUT2D eigenvalue weighted by Gasteiger charge is 2.01. The summed E-state index contributed by atoms with van der Waals surface area (Å²) in [5, 5.41) is 4.57. The van der Waals surface area contributed by atoms with Crippen molar-refractivity contribution < 1.29 is 9.47 Å². The van der Waals surface area contributed by atoms with Gasteiger partial charge in [-0.3, -0.25) is 0 Å². The molecule has 20 heavy (non-hydrogen) atoms. The molecule has 0 spiro atoms. The lowest BCUT2D eigenvalue weighted by atomic mass is 10.3. The van der Waals surface area contributed by atoms with Crippen LogP contribution in [0.4, 0.5) is 5.69 Å². The second-order valence-electron chi connectivity index (χ2n) is 4.30. The fourth-order valence-corrected chi connectivity index (χ4v) is 2.52. The number of hydrogen-bond donors (Lipinski definition) is 1. The minimum atomic E-state index is 0.564. The van der Waals surface area contributed by atoms with Crippen LogP contribution < -0.4 is 10.1 Å². The van der Waals surface area contributed by atoms with E-state index in [1.54, 1.807) is 18.4 Å². The Morgan fingerprint density at radius 3 is 2.95 bits per heavy atom. The third-order valence-electron chi connectivity index (χ3n) is 2.76. The fourth-order valence-electron chi connectivity index (χ4n) is 1.72. The lowest BCUT2D eigenvalue weighted by Crippen LogP contribution is -2.04. The quantitative estimate of drug-likeness (QED) is 0.758. The van der Waals surface area contributed by atoms with Gasteiger partial charge in [0.2, 0.25) is 0 Å². The van der Waals surface area contributed by atoms with Gasteiger partial charge in [-0.2, -0.15) is 0 Å².